The average molecular weight is 535 g/mol. The van der Waals surface area contributed by atoms with Crippen molar-refractivity contribution in [3.05, 3.63) is 71.8 Å². The number of benzene rings is 2. The van der Waals surface area contributed by atoms with Gasteiger partial charge in [-0.3, -0.25) is 9.59 Å². The van der Waals surface area contributed by atoms with E-state index in [1.165, 1.54) is 21.6 Å². The Morgan fingerprint density at radius 1 is 0.667 bits per heavy atom. The molecule has 12 heteroatoms. The SMILES string of the molecule is N[C@H](CSSC[C@H](N)C(=O)N[C@H](Cc1ccccc1)C(=O)O)C(=O)N[C@@H](Cc1ccccc1)C(=O)O. The lowest BCUT2D eigenvalue weighted by Crippen LogP contribution is -2.50. The van der Waals surface area contributed by atoms with Crippen LogP contribution in [-0.4, -0.2) is 69.6 Å². The van der Waals surface area contributed by atoms with E-state index >= 15 is 0 Å². The van der Waals surface area contributed by atoms with Crippen LogP contribution in [0.4, 0.5) is 0 Å². The fourth-order valence-electron chi connectivity index (χ4n) is 3.05. The molecule has 0 fully saturated rings. The second-order valence-electron chi connectivity index (χ2n) is 7.96. The van der Waals surface area contributed by atoms with Gasteiger partial charge in [0, 0.05) is 24.3 Å². The molecule has 0 aliphatic carbocycles. The molecule has 36 heavy (non-hydrogen) atoms. The quantitative estimate of drug-likeness (QED) is 0.140. The first-order valence-corrected chi connectivity index (χ1v) is 13.6. The van der Waals surface area contributed by atoms with E-state index in [0.29, 0.717) is 0 Å². The van der Waals surface area contributed by atoms with Crippen molar-refractivity contribution in [3.8, 4) is 0 Å². The normalized spacial score (nSPS) is 14.2. The second kappa shape index (κ2) is 15.1. The highest BCUT2D eigenvalue weighted by Gasteiger charge is 2.25. The summed E-state index contributed by atoms with van der Waals surface area (Å²) in [7, 11) is 2.42. The molecule has 0 aliphatic heterocycles. The van der Waals surface area contributed by atoms with Gasteiger partial charge in [-0.2, -0.15) is 0 Å². The third kappa shape index (κ3) is 10.3. The molecule has 0 aromatic heterocycles. The maximum atomic E-state index is 12.4. The Balaban J connectivity index is 1.74. The van der Waals surface area contributed by atoms with E-state index < -0.39 is 47.9 Å². The smallest absolute Gasteiger partial charge is 0.326 e. The Morgan fingerprint density at radius 2 is 1.00 bits per heavy atom. The van der Waals surface area contributed by atoms with Crippen molar-refractivity contribution in [2.45, 2.75) is 37.0 Å². The minimum absolute atomic E-state index is 0.127. The van der Waals surface area contributed by atoms with E-state index in [0.717, 1.165) is 11.1 Å². The highest BCUT2D eigenvalue weighted by atomic mass is 33.1. The molecule has 8 N–H and O–H groups in total. The summed E-state index contributed by atoms with van der Waals surface area (Å²) in [6.45, 7) is 0. The monoisotopic (exact) mass is 534 g/mol. The maximum absolute atomic E-state index is 12.4. The molecule has 2 aromatic rings. The Bertz CT molecular complexity index is 931. The van der Waals surface area contributed by atoms with Crippen LogP contribution in [0.5, 0.6) is 0 Å². The lowest BCUT2D eigenvalue weighted by Gasteiger charge is -2.19. The van der Waals surface area contributed by atoms with Crippen molar-refractivity contribution < 1.29 is 29.4 Å². The fourth-order valence-corrected chi connectivity index (χ4v) is 5.30. The maximum Gasteiger partial charge on any atom is 0.326 e. The molecular weight excluding hydrogens is 504 g/mol. The Morgan fingerprint density at radius 3 is 1.31 bits per heavy atom. The van der Waals surface area contributed by atoms with Crippen molar-refractivity contribution in [3.63, 3.8) is 0 Å². The molecule has 0 heterocycles. The van der Waals surface area contributed by atoms with Crippen molar-refractivity contribution in [1.82, 2.24) is 10.6 Å². The van der Waals surface area contributed by atoms with Gasteiger partial charge in [-0.15, -0.1) is 0 Å². The van der Waals surface area contributed by atoms with E-state index in [1.807, 2.05) is 12.1 Å². The van der Waals surface area contributed by atoms with E-state index in [1.54, 1.807) is 48.5 Å². The summed E-state index contributed by atoms with van der Waals surface area (Å²) in [5.41, 5.74) is 13.3. The van der Waals surface area contributed by atoms with Gasteiger partial charge in [0.25, 0.3) is 0 Å². The van der Waals surface area contributed by atoms with E-state index in [4.69, 9.17) is 11.5 Å². The van der Waals surface area contributed by atoms with Crippen molar-refractivity contribution in [2.75, 3.05) is 11.5 Å². The Labute approximate surface area is 217 Å². The van der Waals surface area contributed by atoms with Crippen LogP contribution >= 0.6 is 21.6 Å². The van der Waals surface area contributed by atoms with Crippen LogP contribution in [0, 0.1) is 0 Å². The van der Waals surface area contributed by atoms with Gasteiger partial charge in [-0.25, -0.2) is 9.59 Å². The van der Waals surface area contributed by atoms with Gasteiger partial charge in [0.2, 0.25) is 11.8 Å². The molecule has 0 spiro atoms. The van der Waals surface area contributed by atoms with E-state index in [9.17, 15) is 29.4 Å². The zero-order valence-corrected chi connectivity index (χ0v) is 21.0. The van der Waals surface area contributed by atoms with Crippen LogP contribution in [0.25, 0.3) is 0 Å². The number of amides is 2. The van der Waals surface area contributed by atoms with Gasteiger partial charge in [-0.05, 0) is 11.1 Å². The number of carbonyl (C=O) groups excluding carboxylic acids is 2. The number of hydrogen-bond donors (Lipinski definition) is 6. The van der Waals surface area contributed by atoms with Crippen LogP contribution in [0.3, 0.4) is 0 Å². The summed E-state index contributed by atoms with van der Waals surface area (Å²) in [6.07, 6.45) is 0.254. The first-order valence-electron chi connectivity index (χ1n) is 11.1. The van der Waals surface area contributed by atoms with Crippen LogP contribution in [-0.2, 0) is 32.0 Å². The number of carboxylic acid groups (broad SMARTS) is 2. The molecule has 0 bridgehead atoms. The first kappa shape index (κ1) is 29.2. The standard InChI is InChI=1S/C24H30N4O6S2/c25-17(21(29)27-19(23(31)32)11-15-7-3-1-4-8-15)13-35-36-14-18(26)22(30)28-20(24(33)34)12-16-9-5-2-6-10-16/h1-10,17-20H,11-14,25-26H2,(H,27,29)(H,28,30)(H,31,32)(H,33,34)/t17-,18+,19+,20-. The number of nitrogens with two attached hydrogens (primary N) is 2. The molecule has 2 rings (SSSR count). The van der Waals surface area contributed by atoms with Crippen LogP contribution in [0.2, 0.25) is 0 Å². The number of carboxylic acids is 2. The summed E-state index contributed by atoms with van der Waals surface area (Å²) in [5, 5.41) is 23.7. The van der Waals surface area contributed by atoms with Crippen molar-refractivity contribution >= 4 is 45.3 Å². The molecule has 10 nitrogen and oxygen atoms in total. The molecule has 2 aromatic carbocycles. The van der Waals surface area contributed by atoms with Crippen LogP contribution in [0.15, 0.2) is 60.7 Å². The number of rotatable bonds is 15. The molecule has 0 aliphatic rings. The van der Waals surface area contributed by atoms with Crippen LogP contribution in [0.1, 0.15) is 11.1 Å². The second-order valence-corrected chi connectivity index (χ2v) is 10.5. The van der Waals surface area contributed by atoms with Crippen molar-refractivity contribution in [2.24, 2.45) is 11.5 Å². The predicted molar refractivity (Wildman–Crippen MR) is 140 cm³/mol. The Hall–Kier alpha value is -3.06. The minimum atomic E-state index is -1.16. The molecule has 4 atom stereocenters. The molecule has 0 saturated carbocycles. The lowest BCUT2D eigenvalue weighted by atomic mass is 10.1. The highest BCUT2D eigenvalue weighted by Crippen LogP contribution is 2.22. The highest BCUT2D eigenvalue weighted by molar-refractivity contribution is 8.76. The molecule has 194 valence electrons. The molecule has 0 saturated heterocycles. The number of nitrogens with one attached hydrogen (secondary N) is 2. The van der Waals surface area contributed by atoms with Gasteiger partial charge in [0.05, 0.1) is 12.1 Å². The van der Waals surface area contributed by atoms with Gasteiger partial charge < -0.3 is 32.3 Å². The lowest BCUT2D eigenvalue weighted by molar-refractivity contribution is -0.142. The van der Waals surface area contributed by atoms with Gasteiger partial charge in [-0.1, -0.05) is 82.3 Å². The zero-order chi connectivity index (χ0) is 26.5. The van der Waals surface area contributed by atoms with Crippen molar-refractivity contribution in [1.29, 1.82) is 0 Å². The summed E-state index contributed by atoms with van der Waals surface area (Å²) in [6, 6.07) is 13.7. The summed E-state index contributed by atoms with van der Waals surface area (Å²) >= 11 is 0. The van der Waals surface area contributed by atoms with Gasteiger partial charge in [0.15, 0.2) is 0 Å². The average Bonchev–Trinajstić information content (AvgIpc) is 2.86. The minimum Gasteiger partial charge on any atom is -0.480 e. The Kier molecular flexibility index (Phi) is 12.3. The fraction of sp³-hybridized carbons (Fsp3) is 0.333. The van der Waals surface area contributed by atoms with E-state index in [2.05, 4.69) is 10.6 Å². The molecular formula is C24H30N4O6S2. The molecule has 0 unspecified atom stereocenters. The number of hydrogen-bond acceptors (Lipinski definition) is 8. The third-order valence-corrected chi connectivity index (χ3v) is 7.52. The zero-order valence-electron chi connectivity index (χ0n) is 19.4. The largest absolute Gasteiger partial charge is 0.480 e. The van der Waals surface area contributed by atoms with E-state index in [-0.39, 0.29) is 24.3 Å². The number of aliphatic carboxylic acids is 2. The predicted octanol–water partition coefficient (Wildman–Crippen LogP) is 0.647. The summed E-state index contributed by atoms with van der Waals surface area (Å²) in [5.74, 6) is -3.20. The molecule has 0 radical (unpaired) electrons. The van der Waals surface area contributed by atoms with Crippen LogP contribution < -0.4 is 22.1 Å². The first-order chi connectivity index (χ1) is 17.2. The molecule has 2 amide bonds. The summed E-state index contributed by atoms with van der Waals surface area (Å²) < 4.78 is 0. The number of carbonyl (C=O) groups is 4. The topological polar surface area (TPSA) is 185 Å². The third-order valence-electron chi connectivity index (χ3n) is 5.05. The summed E-state index contributed by atoms with van der Waals surface area (Å²) in [4.78, 5) is 47.8. The van der Waals surface area contributed by atoms with Gasteiger partial charge >= 0.3 is 11.9 Å². The van der Waals surface area contributed by atoms with Gasteiger partial charge in [0.1, 0.15) is 12.1 Å².